The zero-order chi connectivity index (χ0) is 25.9. The first-order valence-corrected chi connectivity index (χ1v) is 12.3. The monoisotopic (exact) mass is 489 g/mol. The number of aromatic nitrogens is 3. The van der Waals surface area contributed by atoms with E-state index in [0.717, 1.165) is 43.4 Å². The molecule has 0 saturated carbocycles. The van der Waals surface area contributed by atoms with Crippen LogP contribution in [0.25, 0.3) is 0 Å². The van der Waals surface area contributed by atoms with Gasteiger partial charge in [-0.25, -0.2) is 9.67 Å². The van der Waals surface area contributed by atoms with Gasteiger partial charge in [-0.15, -0.1) is 24.5 Å². The lowest BCUT2D eigenvalue weighted by molar-refractivity contribution is 0.501. The second kappa shape index (κ2) is 18.3. The number of nitrogens with two attached hydrogens (primary N) is 1. The van der Waals surface area contributed by atoms with Crippen molar-refractivity contribution in [3.05, 3.63) is 54.1 Å². The van der Waals surface area contributed by atoms with Gasteiger partial charge in [0, 0.05) is 38.6 Å². The Bertz CT molecular complexity index is 903. The first-order chi connectivity index (χ1) is 16.4. The highest BCUT2D eigenvalue weighted by Gasteiger charge is 2.24. The van der Waals surface area contributed by atoms with Gasteiger partial charge in [0.1, 0.15) is 17.5 Å². The number of halogens is 1. The van der Waals surface area contributed by atoms with Crippen LogP contribution >= 0.6 is 11.3 Å². The van der Waals surface area contributed by atoms with Crippen LogP contribution in [-0.2, 0) is 7.05 Å². The lowest BCUT2D eigenvalue weighted by Gasteiger charge is -2.34. The van der Waals surface area contributed by atoms with Gasteiger partial charge >= 0.3 is 0 Å². The van der Waals surface area contributed by atoms with E-state index in [0.29, 0.717) is 23.6 Å². The van der Waals surface area contributed by atoms with Gasteiger partial charge in [0.25, 0.3) is 0 Å². The fourth-order valence-corrected chi connectivity index (χ4v) is 3.68. The number of allylic oxidation sites excluding steroid dienone is 4. The van der Waals surface area contributed by atoms with Crippen molar-refractivity contribution in [3.63, 3.8) is 0 Å². The van der Waals surface area contributed by atoms with Gasteiger partial charge < -0.3 is 15.5 Å². The summed E-state index contributed by atoms with van der Waals surface area (Å²) >= 11 is 1.67. The molecule has 0 aromatic carbocycles. The van der Waals surface area contributed by atoms with Crippen molar-refractivity contribution in [2.45, 2.75) is 40.5 Å². The Morgan fingerprint density at radius 1 is 1.21 bits per heavy atom. The molecule has 7 nitrogen and oxygen atoms in total. The molecule has 0 atom stereocenters. The van der Waals surface area contributed by atoms with Crippen molar-refractivity contribution in [1.29, 1.82) is 5.26 Å². The van der Waals surface area contributed by atoms with Crippen LogP contribution in [-0.4, -0.2) is 47.6 Å². The molecule has 3 heterocycles. The molecule has 0 aliphatic carbocycles. The van der Waals surface area contributed by atoms with Gasteiger partial charge in [0.15, 0.2) is 10.9 Å². The Balaban J connectivity index is 0.000000704. The van der Waals surface area contributed by atoms with Crippen molar-refractivity contribution in [3.8, 4) is 6.07 Å². The molecular formula is C25H40FN7S. The lowest BCUT2D eigenvalue weighted by Crippen LogP contribution is -2.47. The molecule has 1 aliphatic rings. The van der Waals surface area contributed by atoms with Crippen LogP contribution in [0.1, 0.15) is 44.9 Å². The SMILES string of the molecule is C=CC.C=CC/C=C/CCF.CC.Cc1csc(N2CCN(c3nn(C)c(N)c3C#N)CC2)n1. The summed E-state index contributed by atoms with van der Waals surface area (Å²) in [5.41, 5.74) is 7.40. The summed E-state index contributed by atoms with van der Waals surface area (Å²) in [7, 11) is 1.76. The summed E-state index contributed by atoms with van der Waals surface area (Å²) in [6.07, 6.45) is 8.65. The Morgan fingerprint density at radius 2 is 1.79 bits per heavy atom. The van der Waals surface area contributed by atoms with Crippen LogP contribution < -0.4 is 15.5 Å². The van der Waals surface area contributed by atoms with Gasteiger partial charge in [0.05, 0.1) is 12.4 Å². The minimum absolute atomic E-state index is 0.256. The summed E-state index contributed by atoms with van der Waals surface area (Å²) in [6, 6.07) is 2.15. The fourth-order valence-electron chi connectivity index (χ4n) is 2.82. The van der Waals surface area contributed by atoms with E-state index in [1.54, 1.807) is 35.2 Å². The normalized spacial score (nSPS) is 12.4. The molecule has 3 rings (SSSR count). The number of thiazole rings is 1. The van der Waals surface area contributed by atoms with E-state index in [4.69, 9.17) is 5.73 Å². The third kappa shape index (κ3) is 10.2. The minimum atomic E-state index is -0.256. The maximum absolute atomic E-state index is 11.3. The molecular weight excluding hydrogens is 449 g/mol. The smallest absolute Gasteiger partial charge is 0.185 e. The Hall–Kier alpha value is -3.12. The number of aryl methyl sites for hydroxylation is 2. The molecule has 2 N–H and O–H groups in total. The molecule has 2 aromatic rings. The molecule has 0 amide bonds. The van der Waals surface area contributed by atoms with Crippen LogP contribution in [0.5, 0.6) is 0 Å². The summed E-state index contributed by atoms with van der Waals surface area (Å²) in [4.78, 5) is 8.91. The van der Waals surface area contributed by atoms with Crippen LogP contribution in [0.4, 0.5) is 21.2 Å². The van der Waals surface area contributed by atoms with Crippen LogP contribution in [0.15, 0.2) is 42.8 Å². The maximum atomic E-state index is 11.3. The minimum Gasteiger partial charge on any atom is -0.383 e. The third-order valence-electron chi connectivity index (χ3n) is 4.39. The van der Waals surface area contributed by atoms with Crippen molar-refractivity contribution in [2.24, 2.45) is 7.05 Å². The Labute approximate surface area is 208 Å². The van der Waals surface area contributed by atoms with E-state index in [-0.39, 0.29) is 6.67 Å². The highest BCUT2D eigenvalue weighted by molar-refractivity contribution is 7.13. The van der Waals surface area contributed by atoms with Crippen molar-refractivity contribution >= 4 is 28.1 Å². The summed E-state index contributed by atoms with van der Waals surface area (Å²) in [5.74, 6) is 1.11. The van der Waals surface area contributed by atoms with E-state index in [9.17, 15) is 9.65 Å². The zero-order valence-corrected chi connectivity index (χ0v) is 22.1. The topological polar surface area (TPSA) is 87.0 Å². The maximum Gasteiger partial charge on any atom is 0.185 e. The summed E-state index contributed by atoms with van der Waals surface area (Å²) in [6.45, 7) is 17.9. The highest BCUT2D eigenvalue weighted by Crippen LogP contribution is 2.26. The number of nitrogens with zero attached hydrogens (tertiary/aromatic N) is 6. The standard InChI is InChI=1S/C13H17N7S.C7H11F.C3H6.C2H6/c1-9-8-21-13(16-9)20-5-3-19(4-6-20)12-10(7-14)11(15)18(2)17-12;1-2-3-4-5-6-7-8;1-3-2;1-2/h8H,3-6,15H2,1-2H3;2,4-5H,1,3,6-7H2;3H,1H2,2H3;1-2H3/b;5-4+;;. The van der Waals surface area contributed by atoms with Crippen molar-refractivity contribution < 1.29 is 4.39 Å². The second-order valence-corrected chi connectivity index (χ2v) is 7.78. The molecule has 0 radical (unpaired) electrons. The summed E-state index contributed by atoms with van der Waals surface area (Å²) in [5, 5.41) is 16.7. The number of rotatable bonds is 6. The Kier molecular flexibility index (Phi) is 16.6. The number of nitriles is 1. The molecule has 0 bridgehead atoms. The number of anilines is 3. The van der Waals surface area contributed by atoms with Gasteiger partial charge in [-0.05, 0) is 26.7 Å². The number of hydrogen-bond acceptors (Lipinski definition) is 7. The average molecular weight is 490 g/mol. The second-order valence-electron chi connectivity index (χ2n) is 6.95. The van der Waals surface area contributed by atoms with Gasteiger partial charge in [-0.3, -0.25) is 4.39 Å². The van der Waals surface area contributed by atoms with E-state index < -0.39 is 0 Å². The number of nitrogen functional groups attached to an aromatic ring is 1. The molecule has 1 fully saturated rings. The molecule has 0 unspecified atom stereocenters. The van der Waals surface area contributed by atoms with Gasteiger partial charge in [-0.2, -0.15) is 10.4 Å². The Morgan fingerprint density at radius 3 is 2.26 bits per heavy atom. The predicted molar refractivity (Wildman–Crippen MR) is 145 cm³/mol. The molecule has 0 spiro atoms. The summed E-state index contributed by atoms with van der Waals surface area (Å²) < 4.78 is 12.9. The first-order valence-electron chi connectivity index (χ1n) is 11.5. The van der Waals surface area contributed by atoms with Crippen LogP contribution in [0.2, 0.25) is 0 Å². The quantitative estimate of drug-likeness (QED) is 0.527. The van der Waals surface area contributed by atoms with E-state index >= 15 is 0 Å². The van der Waals surface area contributed by atoms with Crippen molar-refractivity contribution in [2.75, 3.05) is 48.4 Å². The van der Waals surface area contributed by atoms with E-state index in [1.165, 1.54) is 0 Å². The van der Waals surface area contributed by atoms with Gasteiger partial charge in [-0.1, -0.05) is 38.2 Å². The van der Waals surface area contributed by atoms with Crippen LogP contribution in [0.3, 0.4) is 0 Å². The lowest BCUT2D eigenvalue weighted by atomic mass is 10.2. The molecule has 1 aliphatic heterocycles. The molecule has 1 saturated heterocycles. The largest absolute Gasteiger partial charge is 0.383 e. The van der Waals surface area contributed by atoms with Gasteiger partial charge in [0.2, 0.25) is 0 Å². The highest BCUT2D eigenvalue weighted by atomic mass is 32.1. The predicted octanol–water partition coefficient (Wildman–Crippen LogP) is 5.66. The molecule has 34 heavy (non-hydrogen) atoms. The van der Waals surface area contributed by atoms with Crippen LogP contribution in [0, 0.1) is 18.3 Å². The number of hydrogen-bond donors (Lipinski definition) is 1. The zero-order valence-electron chi connectivity index (χ0n) is 21.3. The first kappa shape index (κ1) is 30.9. The third-order valence-corrected chi connectivity index (χ3v) is 5.41. The van der Waals surface area contributed by atoms with Crippen molar-refractivity contribution in [1.82, 2.24) is 14.8 Å². The average Bonchev–Trinajstić information content (AvgIpc) is 3.42. The number of piperazine rings is 1. The van der Waals surface area contributed by atoms with E-state index in [1.807, 2.05) is 39.8 Å². The molecule has 9 heteroatoms. The fraction of sp³-hybridized carbons (Fsp3) is 0.480. The number of alkyl halides is 1. The van der Waals surface area contributed by atoms with E-state index in [2.05, 4.69) is 44.5 Å². The molecule has 2 aromatic heterocycles. The molecule has 188 valence electrons.